The van der Waals surface area contributed by atoms with E-state index in [2.05, 4.69) is 0 Å². The number of methoxy groups -OCH3 is 1. The van der Waals surface area contributed by atoms with Gasteiger partial charge >= 0.3 is 5.97 Å². The van der Waals surface area contributed by atoms with Crippen molar-refractivity contribution < 1.29 is 28.6 Å². The molecular weight excluding hydrogens is 487 g/mol. The number of aliphatic carboxylic acids is 1. The average Bonchev–Trinajstić information content (AvgIpc) is 3.16. The molecule has 2 unspecified atom stereocenters. The first-order valence-corrected chi connectivity index (χ1v) is 12.4. The van der Waals surface area contributed by atoms with Gasteiger partial charge in [0, 0.05) is 41.3 Å². The number of carbonyl (C=O) groups excluding carboxylic acids is 1. The van der Waals surface area contributed by atoms with E-state index in [0.717, 1.165) is 11.3 Å². The highest BCUT2D eigenvalue weighted by atomic mass is 35.5. The lowest BCUT2D eigenvalue weighted by molar-refractivity contribution is -0.141. The van der Waals surface area contributed by atoms with Crippen LogP contribution in [0.5, 0.6) is 5.75 Å². The molecule has 0 aliphatic heterocycles. The van der Waals surface area contributed by atoms with E-state index in [9.17, 15) is 19.1 Å². The molecule has 1 N–H and O–H groups in total. The molecule has 1 aromatic heterocycles. The topological polar surface area (TPSA) is 81.0 Å². The second-order valence-corrected chi connectivity index (χ2v) is 9.38. The van der Waals surface area contributed by atoms with Gasteiger partial charge in [-0.05, 0) is 67.6 Å². The van der Waals surface area contributed by atoms with Gasteiger partial charge in [0.15, 0.2) is 6.61 Å². The zero-order valence-electron chi connectivity index (χ0n) is 20.4. The van der Waals surface area contributed by atoms with Gasteiger partial charge in [0.05, 0.1) is 6.61 Å². The summed E-state index contributed by atoms with van der Waals surface area (Å²) in [6, 6.07) is 10.4. The van der Waals surface area contributed by atoms with Crippen LogP contribution in [0, 0.1) is 5.82 Å². The van der Waals surface area contributed by atoms with E-state index in [1.165, 1.54) is 12.1 Å². The van der Waals surface area contributed by atoms with Crippen molar-refractivity contribution in [2.75, 3.05) is 26.9 Å². The number of amides is 1. The fraction of sp³-hybridized carbons (Fsp3) is 0.407. The Morgan fingerprint density at radius 3 is 2.78 bits per heavy atom. The Morgan fingerprint density at radius 1 is 1.28 bits per heavy atom. The van der Waals surface area contributed by atoms with E-state index < -0.39 is 12.0 Å². The second kappa shape index (κ2) is 11.3. The molecule has 3 aromatic rings. The maximum absolute atomic E-state index is 14.3. The van der Waals surface area contributed by atoms with Gasteiger partial charge in [-0.3, -0.25) is 4.79 Å². The quantitative estimate of drug-likeness (QED) is 0.415. The van der Waals surface area contributed by atoms with Gasteiger partial charge in [0.2, 0.25) is 0 Å². The molecule has 0 radical (unpaired) electrons. The van der Waals surface area contributed by atoms with E-state index in [-0.39, 0.29) is 24.4 Å². The lowest BCUT2D eigenvalue weighted by atomic mass is 9.90. The lowest BCUT2D eigenvalue weighted by Gasteiger charge is -2.35. The fourth-order valence-corrected chi connectivity index (χ4v) is 5.30. The lowest BCUT2D eigenvalue weighted by Crippen LogP contribution is -2.47. The predicted molar refractivity (Wildman–Crippen MR) is 135 cm³/mol. The first-order valence-electron chi connectivity index (χ1n) is 12.0. The van der Waals surface area contributed by atoms with Crippen LogP contribution in [-0.2, 0) is 27.2 Å². The molecule has 0 spiro atoms. The van der Waals surface area contributed by atoms with Gasteiger partial charge in [-0.15, -0.1) is 0 Å². The van der Waals surface area contributed by atoms with Gasteiger partial charge in [0.25, 0.3) is 5.91 Å². The molecule has 1 aliphatic rings. The maximum Gasteiger partial charge on any atom is 0.326 e. The van der Waals surface area contributed by atoms with E-state index >= 15 is 0 Å². The molecule has 36 heavy (non-hydrogen) atoms. The monoisotopic (exact) mass is 516 g/mol. The summed E-state index contributed by atoms with van der Waals surface area (Å²) in [5, 5.41) is 11.1. The standard InChI is InChI=1S/C27H30ClFN2O5/c1-3-23(27(33)34)31-24-9-7-18(29)14-21(24)22-15-19(8-10-25(22)31)30(11-12-35-2)26(32)16-36-20-6-4-5-17(28)13-20/h4-7,9,13-14,19,23H,3,8,10-12,15-16H2,1-2H3,(H,33,34). The minimum Gasteiger partial charge on any atom is -0.484 e. The second-order valence-electron chi connectivity index (χ2n) is 8.94. The average molecular weight is 517 g/mol. The summed E-state index contributed by atoms with van der Waals surface area (Å²) < 4.78 is 27.1. The van der Waals surface area contributed by atoms with Gasteiger partial charge < -0.3 is 24.0 Å². The molecule has 1 amide bonds. The van der Waals surface area contributed by atoms with Crippen molar-refractivity contribution in [2.45, 2.75) is 44.7 Å². The van der Waals surface area contributed by atoms with Gasteiger partial charge in [-0.1, -0.05) is 24.6 Å². The number of ether oxygens (including phenoxy) is 2. The molecule has 1 heterocycles. The van der Waals surface area contributed by atoms with Crippen molar-refractivity contribution in [2.24, 2.45) is 0 Å². The Hall–Kier alpha value is -3.10. The molecule has 9 heteroatoms. The normalized spacial score (nSPS) is 15.9. The molecule has 7 nitrogen and oxygen atoms in total. The molecule has 2 atom stereocenters. The van der Waals surface area contributed by atoms with Crippen molar-refractivity contribution in [3.05, 3.63) is 64.6 Å². The van der Waals surface area contributed by atoms with Crippen LogP contribution >= 0.6 is 11.6 Å². The number of halogens is 2. The zero-order valence-corrected chi connectivity index (χ0v) is 21.1. The van der Waals surface area contributed by atoms with E-state index in [1.807, 2.05) is 11.5 Å². The third kappa shape index (κ3) is 5.34. The number of aromatic nitrogens is 1. The first-order chi connectivity index (χ1) is 17.3. The first kappa shape index (κ1) is 26.0. The van der Waals surface area contributed by atoms with Crippen LogP contribution in [0.25, 0.3) is 10.9 Å². The van der Waals surface area contributed by atoms with Gasteiger partial charge in [-0.2, -0.15) is 0 Å². The van der Waals surface area contributed by atoms with Crippen molar-refractivity contribution in [3.63, 3.8) is 0 Å². The Balaban J connectivity index is 1.64. The number of benzene rings is 2. The molecule has 192 valence electrons. The number of fused-ring (bicyclic) bond motifs is 3. The fourth-order valence-electron chi connectivity index (χ4n) is 5.12. The van der Waals surface area contributed by atoms with E-state index in [0.29, 0.717) is 60.5 Å². The molecule has 0 bridgehead atoms. The van der Waals surface area contributed by atoms with Crippen LogP contribution in [0.3, 0.4) is 0 Å². The van der Waals surface area contributed by atoms with Crippen molar-refractivity contribution in [1.82, 2.24) is 9.47 Å². The Kier molecular flexibility index (Phi) is 8.16. The molecular formula is C27H30ClFN2O5. The van der Waals surface area contributed by atoms with Crippen LogP contribution in [-0.4, -0.2) is 59.4 Å². The summed E-state index contributed by atoms with van der Waals surface area (Å²) in [4.78, 5) is 27.0. The third-order valence-electron chi connectivity index (χ3n) is 6.78. The van der Waals surface area contributed by atoms with Gasteiger partial charge in [-0.25, -0.2) is 9.18 Å². The van der Waals surface area contributed by atoms with Crippen molar-refractivity contribution >= 4 is 34.4 Å². The molecule has 4 rings (SSSR count). The zero-order chi connectivity index (χ0) is 25.8. The maximum atomic E-state index is 14.3. The molecule has 0 saturated heterocycles. The molecule has 2 aromatic carbocycles. The highest BCUT2D eigenvalue weighted by Crippen LogP contribution is 2.37. The number of carboxylic acids is 1. The number of hydrogen-bond donors (Lipinski definition) is 1. The van der Waals surface area contributed by atoms with E-state index in [4.69, 9.17) is 21.1 Å². The minimum absolute atomic E-state index is 0.152. The molecule has 1 aliphatic carbocycles. The van der Waals surface area contributed by atoms with Crippen molar-refractivity contribution in [1.29, 1.82) is 0 Å². The Morgan fingerprint density at radius 2 is 2.08 bits per heavy atom. The van der Waals surface area contributed by atoms with Crippen LogP contribution in [0.15, 0.2) is 42.5 Å². The molecule has 0 saturated carbocycles. The summed E-state index contributed by atoms with van der Waals surface area (Å²) in [5.41, 5.74) is 2.50. The molecule has 0 fully saturated rings. The number of rotatable bonds is 10. The van der Waals surface area contributed by atoms with Crippen LogP contribution in [0.2, 0.25) is 5.02 Å². The summed E-state index contributed by atoms with van der Waals surface area (Å²) >= 11 is 6.02. The minimum atomic E-state index is -0.918. The van der Waals surface area contributed by atoms with Crippen LogP contribution < -0.4 is 4.74 Å². The van der Waals surface area contributed by atoms with Crippen LogP contribution in [0.4, 0.5) is 4.39 Å². The van der Waals surface area contributed by atoms with Crippen molar-refractivity contribution in [3.8, 4) is 5.75 Å². The summed E-state index contributed by atoms with van der Waals surface area (Å²) in [6.07, 6.45) is 2.12. The summed E-state index contributed by atoms with van der Waals surface area (Å²) in [6.45, 7) is 2.42. The predicted octanol–water partition coefficient (Wildman–Crippen LogP) is 4.88. The SMILES string of the molecule is CCC(C(=O)O)n1c2c(c3cc(F)ccc31)CC(N(CCOC)C(=O)COc1cccc(Cl)c1)CC2. The third-order valence-corrected chi connectivity index (χ3v) is 7.01. The van der Waals surface area contributed by atoms with Gasteiger partial charge in [0.1, 0.15) is 17.6 Å². The summed E-state index contributed by atoms with van der Waals surface area (Å²) in [5.74, 6) is -0.979. The number of carbonyl (C=O) groups is 2. The number of hydrogen-bond acceptors (Lipinski definition) is 4. The Labute approximate surface area is 214 Å². The largest absolute Gasteiger partial charge is 0.484 e. The summed E-state index contributed by atoms with van der Waals surface area (Å²) in [7, 11) is 1.58. The number of carboxylic acid groups (broad SMARTS) is 1. The highest BCUT2D eigenvalue weighted by molar-refractivity contribution is 6.30. The smallest absolute Gasteiger partial charge is 0.326 e. The highest BCUT2D eigenvalue weighted by Gasteiger charge is 2.34. The van der Waals surface area contributed by atoms with Crippen LogP contribution in [0.1, 0.15) is 37.1 Å². The number of nitrogens with zero attached hydrogens (tertiary/aromatic N) is 2. The Bertz CT molecular complexity index is 1260. The van der Waals surface area contributed by atoms with E-state index in [1.54, 1.807) is 42.3 Å².